The number of carbonyl (C=O) groups excluding carboxylic acids is 1. The molecule has 0 aliphatic heterocycles. The van der Waals surface area contributed by atoms with E-state index in [4.69, 9.17) is 16.3 Å². The minimum absolute atomic E-state index is 0.0183. The third-order valence-electron chi connectivity index (χ3n) is 3.28. The molecule has 1 aliphatic rings. The van der Waals surface area contributed by atoms with Crippen molar-refractivity contribution in [1.82, 2.24) is 9.78 Å². The highest BCUT2D eigenvalue weighted by Crippen LogP contribution is 2.27. The summed E-state index contributed by atoms with van der Waals surface area (Å²) in [4.78, 5) is 23.1. The first kappa shape index (κ1) is 14.8. The van der Waals surface area contributed by atoms with Crippen molar-refractivity contribution in [2.75, 3.05) is 19.5 Å². The van der Waals surface area contributed by atoms with Gasteiger partial charge >= 0.3 is 5.97 Å². The van der Waals surface area contributed by atoms with Gasteiger partial charge in [-0.3, -0.25) is 9.59 Å². The number of nitrogens with zero attached hydrogens (tertiary/aromatic N) is 2. The third-order valence-corrected chi connectivity index (χ3v) is 3.64. The van der Waals surface area contributed by atoms with Crippen molar-refractivity contribution in [3.63, 3.8) is 0 Å². The van der Waals surface area contributed by atoms with E-state index >= 15 is 0 Å². The molecule has 7 nitrogen and oxygen atoms in total. The number of esters is 1. The van der Waals surface area contributed by atoms with E-state index in [1.54, 1.807) is 7.11 Å². The first-order valence-corrected chi connectivity index (χ1v) is 6.54. The molecule has 0 unspecified atom stereocenters. The summed E-state index contributed by atoms with van der Waals surface area (Å²) < 4.78 is 10.6. The summed E-state index contributed by atoms with van der Waals surface area (Å²) in [5, 5.41) is 7.06. The van der Waals surface area contributed by atoms with Crippen LogP contribution in [0.1, 0.15) is 12.8 Å². The number of nitrogens with one attached hydrogen (secondary N) is 1. The number of ether oxygens (including phenoxy) is 2. The Morgan fingerprint density at radius 3 is 2.85 bits per heavy atom. The van der Waals surface area contributed by atoms with Crippen molar-refractivity contribution in [2.24, 2.45) is 0 Å². The zero-order chi connectivity index (χ0) is 14.7. The van der Waals surface area contributed by atoms with Gasteiger partial charge in [-0.25, -0.2) is 4.68 Å². The maximum absolute atomic E-state index is 11.9. The van der Waals surface area contributed by atoms with E-state index in [9.17, 15) is 9.59 Å². The maximum atomic E-state index is 11.9. The standard InChI is InChI=1S/C12H16ClN3O4/c1-19-8-3-7(4-8)15-9-5-14-16(6-10(17)20-2)12(18)11(9)13/h5,7-8,15H,3-4,6H2,1-2H3. The van der Waals surface area contributed by atoms with Gasteiger partial charge in [0.15, 0.2) is 0 Å². The second-order valence-corrected chi connectivity index (χ2v) is 4.96. The van der Waals surface area contributed by atoms with Crippen LogP contribution in [0.3, 0.4) is 0 Å². The molecular weight excluding hydrogens is 286 g/mol. The van der Waals surface area contributed by atoms with Crippen LogP contribution in [0, 0.1) is 0 Å². The molecule has 1 fully saturated rings. The van der Waals surface area contributed by atoms with Gasteiger partial charge in [-0.1, -0.05) is 11.6 Å². The van der Waals surface area contributed by atoms with Gasteiger partial charge in [-0.2, -0.15) is 5.10 Å². The molecule has 1 saturated carbocycles. The van der Waals surface area contributed by atoms with Crippen LogP contribution >= 0.6 is 11.6 Å². The Hall–Kier alpha value is -1.60. The first-order chi connectivity index (χ1) is 9.55. The van der Waals surface area contributed by atoms with E-state index in [1.165, 1.54) is 13.3 Å². The predicted octanol–water partition coefficient (Wildman–Crippen LogP) is 0.659. The number of anilines is 1. The first-order valence-electron chi connectivity index (χ1n) is 6.17. The number of rotatable bonds is 5. The average molecular weight is 302 g/mol. The lowest BCUT2D eigenvalue weighted by Gasteiger charge is -2.35. The number of methoxy groups -OCH3 is 2. The molecule has 20 heavy (non-hydrogen) atoms. The fourth-order valence-electron chi connectivity index (χ4n) is 1.96. The van der Waals surface area contributed by atoms with Gasteiger partial charge in [0.05, 0.1) is 25.1 Å². The fraction of sp³-hybridized carbons (Fsp3) is 0.583. The average Bonchev–Trinajstić information content (AvgIpc) is 2.40. The lowest BCUT2D eigenvalue weighted by atomic mass is 9.89. The molecule has 0 amide bonds. The lowest BCUT2D eigenvalue weighted by molar-refractivity contribution is -0.141. The molecular formula is C12H16ClN3O4. The molecule has 110 valence electrons. The number of carbonyl (C=O) groups is 1. The van der Waals surface area contributed by atoms with Crippen molar-refractivity contribution in [3.05, 3.63) is 21.6 Å². The molecule has 1 aromatic heterocycles. The van der Waals surface area contributed by atoms with Crippen molar-refractivity contribution in [2.45, 2.75) is 31.5 Å². The van der Waals surface area contributed by atoms with E-state index < -0.39 is 11.5 Å². The van der Waals surface area contributed by atoms with Crippen molar-refractivity contribution in [1.29, 1.82) is 0 Å². The topological polar surface area (TPSA) is 82.5 Å². The van der Waals surface area contributed by atoms with Gasteiger partial charge in [0.2, 0.25) is 0 Å². The number of hydrogen-bond acceptors (Lipinski definition) is 6. The molecule has 2 rings (SSSR count). The monoisotopic (exact) mass is 301 g/mol. The Morgan fingerprint density at radius 2 is 2.25 bits per heavy atom. The van der Waals surface area contributed by atoms with Crippen molar-refractivity contribution in [3.8, 4) is 0 Å². The molecule has 0 aromatic carbocycles. The molecule has 1 aromatic rings. The van der Waals surface area contributed by atoms with Crippen molar-refractivity contribution < 1.29 is 14.3 Å². The summed E-state index contributed by atoms with van der Waals surface area (Å²) in [7, 11) is 2.91. The summed E-state index contributed by atoms with van der Waals surface area (Å²) in [6.45, 7) is -0.259. The maximum Gasteiger partial charge on any atom is 0.327 e. The van der Waals surface area contributed by atoms with E-state index in [0.29, 0.717) is 5.69 Å². The predicted molar refractivity (Wildman–Crippen MR) is 73.0 cm³/mol. The van der Waals surface area contributed by atoms with Gasteiger partial charge in [0.25, 0.3) is 5.56 Å². The molecule has 0 spiro atoms. The summed E-state index contributed by atoms with van der Waals surface area (Å²) in [5.74, 6) is -0.557. The smallest absolute Gasteiger partial charge is 0.327 e. The van der Waals surface area contributed by atoms with Crippen LogP contribution in [0.5, 0.6) is 0 Å². The van der Waals surface area contributed by atoms with E-state index in [1.807, 2.05) is 0 Å². The van der Waals surface area contributed by atoms with Crippen LogP contribution < -0.4 is 10.9 Å². The fourth-order valence-corrected chi connectivity index (χ4v) is 2.16. The number of hydrogen-bond donors (Lipinski definition) is 1. The quantitative estimate of drug-likeness (QED) is 0.805. The summed E-state index contributed by atoms with van der Waals surface area (Å²) in [6.07, 6.45) is 3.40. The second kappa shape index (κ2) is 6.23. The summed E-state index contributed by atoms with van der Waals surface area (Å²) in [5.41, 5.74) is -0.0537. The Labute approximate surface area is 120 Å². The number of aromatic nitrogens is 2. The van der Waals surface area contributed by atoms with Crippen molar-refractivity contribution >= 4 is 23.3 Å². The molecule has 0 radical (unpaired) electrons. The highest BCUT2D eigenvalue weighted by Gasteiger charge is 2.29. The van der Waals surface area contributed by atoms with E-state index in [-0.39, 0.29) is 23.7 Å². The zero-order valence-electron chi connectivity index (χ0n) is 11.3. The van der Waals surface area contributed by atoms with E-state index in [0.717, 1.165) is 17.5 Å². The Balaban J connectivity index is 2.07. The Kier molecular flexibility index (Phi) is 4.61. The summed E-state index contributed by atoms with van der Waals surface area (Å²) in [6, 6.07) is 0.218. The van der Waals surface area contributed by atoms with Crippen LogP contribution in [0.4, 0.5) is 5.69 Å². The van der Waals surface area contributed by atoms with E-state index in [2.05, 4.69) is 15.2 Å². The van der Waals surface area contributed by atoms with Crippen LogP contribution in [0.25, 0.3) is 0 Å². The third kappa shape index (κ3) is 3.10. The van der Waals surface area contributed by atoms with Crippen LogP contribution in [-0.2, 0) is 20.8 Å². The minimum Gasteiger partial charge on any atom is -0.468 e. The molecule has 1 aliphatic carbocycles. The Morgan fingerprint density at radius 1 is 1.55 bits per heavy atom. The Bertz CT molecular complexity index is 554. The molecule has 0 saturated heterocycles. The summed E-state index contributed by atoms with van der Waals surface area (Å²) >= 11 is 6.00. The van der Waals surface area contributed by atoms with Gasteiger partial charge in [0, 0.05) is 13.2 Å². The molecule has 8 heteroatoms. The molecule has 0 bridgehead atoms. The van der Waals surface area contributed by atoms with Crippen LogP contribution in [-0.4, -0.2) is 42.1 Å². The van der Waals surface area contributed by atoms with Gasteiger partial charge in [0.1, 0.15) is 11.6 Å². The molecule has 0 atom stereocenters. The zero-order valence-corrected chi connectivity index (χ0v) is 12.0. The largest absolute Gasteiger partial charge is 0.468 e. The number of halogens is 1. The SMILES string of the molecule is COC(=O)Cn1ncc(NC2CC(OC)C2)c(Cl)c1=O. The second-order valence-electron chi connectivity index (χ2n) is 4.58. The molecule has 1 heterocycles. The van der Waals surface area contributed by atoms with Crippen LogP contribution in [0.2, 0.25) is 5.02 Å². The van der Waals surface area contributed by atoms with Gasteiger partial charge in [-0.05, 0) is 12.8 Å². The van der Waals surface area contributed by atoms with Crippen LogP contribution in [0.15, 0.2) is 11.0 Å². The minimum atomic E-state index is -0.557. The lowest BCUT2D eigenvalue weighted by Crippen LogP contribution is -2.40. The highest BCUT2D eigenvalue weighted by atomic mass is 35.5. The normalized spacial score (nSPS) is 21.1. The highest BCUT2D eigenvalue weighted by molar-refractivity contribution is 6.32. The molecule has 1 N–H and O–H groups in total. The van der Waals surface area contributed by atoms with Gasteiger partial charge < -0.3 is 14.8 Å². The van der Waals surface area contributed by atoms with Gasteiger partial charge in [-0.15, -0.1) is 0 Å².